The van der Waals surface area contributed by atoms with Crippen LogP contribution < -0.4 is 14.9 Å². The fourth-order valence-corrected chi connectivity index (χ4v) is 3.46. The highest BCUT2D eigenvalue weighted by atomic mass is 32.2. The monoisotopic (exact) mass is 423 g/mol. The fourth-order valence-electron chi connectivity index (χ4n) is 2.81. The number of rotatable bonds is 6. The third-order valence-corrected chi connectivity index (χ3v) is 5.66. The van der Waals surface area contributed by atoms with Gasteiger partial charge >= 0.3 is 5.97 Å². The number of morpholine rings is 1. The van der Waals surface area contributed by atoms with Crippen molar-refractivity contribution in [3.63, 3.8) is 0 Å². The van der Waals surface area contributed by atoms with Gasteiger partial charge in [-0.1, -0.05) is 0 Å². The van der Waals surface area contributed by atoms with Crippen LogP contribution in [0.1, 0.15) is 20.9 Å². The maximum absolute atomic E-state index is 12.5. The van der Waals surface area contributed by atoms with Gasteiger partial charge in [-0.15, -0.1) is 0 Å². The van der Waals surface area contributed by atoms with Crippen molar-refractivity contribution in [3.8, 4) is 0 Å². The first kappa shape index (κ1) is 20.8. The molecule has 0 spiro atoms. The minimum Gasteiger partial charge on any atom is -0.465 e. The normalized spacial score (nSPS) is 14.5. The van der Waals surface area contributed by atoms with Gasteiger partial charge in [-0.25, -0.2) is 17.9 Å². The zero-order valence-electron chi connectivity index (χ0n) is 15.9. The van der Waals surface area contributed by atoms with Crippen LogP contribution >= 0.6 is 0 Å². The molecule has 2 aromatic rings. The molecule has 0 unspecified atom stereocenters. The summed E-state index contributed by atoms with van der Waals surface area (Å²) >= 11 is 0. The zero-order chi connectivity index (χ0) is 21.0. The summed E-state index contributed by atoms with van der Waals surface area (Å²) in [5.74, 6) is -1.54. The van der Waals surface area contributed by atoms with Crippen molar-refractivity contribution in [2.24, 2.45) is 0 Å². The molecule has 11 heteroatoms. The van der Waals surface area contributed by atoms with E-state index in [1.54, 1.807) is 18.2 Å². The van der Waals surface area contributed by atoms with Crippen LogP contribution in [0, 0.1) is 0 Å². The molecule has 0 aliphatic carbocycles. The number of hydrogen-bond donors (Lipinski definition) is 2. The summed E-state index contributed by atoms with van der Waals surface area (Å²) in [6.07, 6.45) is 0. The highest BCUT2D eigenvalue weighted by Gasteiger charge is 2.22. The topological polar surface area (TPSA) is 127 Å². The molecule has 1 fully saturated rings. The molecule has 1 aromatic carbocycles. The third-order valence-electron chi connectivity index (χ3n) is 4.37. The third kappa shape index (κ3) is 4.58. The van der Waals surface area contributed by atoms with Gasteiger partial charge in [0.05, 0.1) is 31.6 Å². The summed E-state index contributed by atoms with van der Waals surface area (Å²) in [6, 6.07) is 7.39. The maximum atomic E-state index is 12.5. The van der Waals surface area contributed by atoms with Crippen LogP contribution in [0.15, 0.2) is 39.8 Å². The summed E-state index contributed by atoms with van der Waals surface area (Å²) in [5.41, 5.74) is 1.18. The highest BCUT2D eigenvalue weighted by Crippen LogP contribution is 2.26. The van der Waals surface area contributed by atoms with E-state index in [4.69, 9.17) is 13.9 Å². The van der Waals surface area contributed by atoms with Gasteiger partial charge in [0.2, 0.25) is 5.09 Å². The molecule has 0 bridgehead atoms. The Hall–Kier alpha value is -2.89. The molecule has 2 heterocycles. The van der Waals surface area contributed by atoms with E-state index in [-0.39, 0.29) is 22.1 Å². The molecule has 1 aliphatic heterocycles. The van der Waals surface area contributed by atoms with Crippen LogP contribution in [-0.4, -0.2) is 60.8 Å². The number of benzene rings is 1. The number of anilines is 2. The largest absolute Gasteiger partial charge is 0.465 e. The number of amides is 1. The van der Waals surface area contributed by atoms with Crippen LogP contribution in [0.4, 0.5) is 11.4 Å². The maximum Gasteiger partial charge on any atom is 0.340 e. The van der Waals surface area contributed by atoms with E-state index >= 15 is 0 Å². The van der Waals surface area contributed by atoms with E-state index in [0.717, 1.165) is 5.69 Å². The Bertz CT molecular complexity index is 1010. The second kappa shape index (κ2) is 8.64. The lowest BCUT2D eigenvalue weighted by Gasteiger charge is -2.29. The second-order valence-electron chi connectivity index (χ2n) is 6.10. The minimum atomic E-state index is -3.81. The molecule has 0 atom stereocenters. The number of ether oxygens (including phenoxy) is 2. The lowest BCUT2D eigenvalue weighted by atomic mass is 10.1. The Morgan fingerprint density at radius 3 is 2.52 bits per heavy atom. The number of carbonyl (C=O) groups excluding carboxylic acids is 2. The number of methoxy groups -OCH3 is 1. The summed E-state index contributed by atoms with van der Waals surface area (Å²) in [7, 11) is -1.33. The summed E-state index contributed by atoms with van der Waals surface area (Å²) < 4.78 is 40.9. The average Bonchev–Trinajstić information content (AvgIpc) is 3.25. The van der Waals surface area contributed by atoms with E-state index in [2.05, 4.69) is 14.9 Å². The number of sulfonamides is 1. The number of carbonyl (C=O) groups is 2. The molecule has 2 N–H and O–H groups in total. The standard InChI is InChI=1S/C18H21N3O7S/c1-19-29(24,25)16-6-5-15(28-16)17(22)20-14-4-3-12(11-13(14)18(23)26-2)21-7-9-27-10-8-21/h3-6,11,19H,7-10H2,1-2H3,(H,20,22). The first-order valence-corrected chi connectivity index (χ1v) is 10.2. The van der Waals surface area contributed by atoms with Gasteiger partial charge in [0.15, 0.2) is 5.76 Å². The van der Waals surface area contributed by atoms with Crippen LogP contribution in [0.5, 0.6) is 0 Å². The van der Waals surface area contributed by atoms with E-state index in [1.165, 1.54) is 26.3 Å². The minimum absolute atomic E-state index is 0.166. The first-order chi connectivity index (χ1) is 13.9. The van der Waals surface area contributed by atoms with Crippen LogP contribution in [0.25, 0.3) is 0 Å². The Morgan fingerprint density at radius 1 is 1.14 bits per heavy atom. The number of furan rings is 1. The molecule has 10 nitrogen and oxygen atoms in total. The van der Waals surface area contributed by atoms with Crippen molar-refractivity contribution in [1.82, 2.24) is 4.72 Å². The Kier molecular flexibility index (Phi) is 6.20. The summed E-state index contributed by atoms with van der Waals surface area (Å²) in [4.78, 5) is 26.8. The van der Waals surface area contributed by atoms with Crippen molar-refractivity contribution < 1.29 is 31.9 Å². The Morgan fingerprint density at radius 2 is 1.86 bits per heavy atom. The van der Waals surface area contributed by atoms with Crippen molar-refractivity contribution in [3.05, 3.63) is 41.7 Å². The molecule has 1 saturated heterocycles. The van der Waals surface area contributed by atoms with Gasteiger partial charge in [0, 0.05) is 18.8 Å². The van der Waals surface area contributed by atoms with E-state index in [0.29, 0.717) is 26.3 Å². The average molecular weight is 423 g/mol. The van der Waals surface area contributed by atoms with E-state index in [1.807, 2.05) is 0 Å². The molecule has 1 amide bonds. The molecule has 156 valence electrons. The van der Waals surface area contributed by atoms with Crippen molar-refractivity contribution in [2.45, 2.75) is 5.09 Å². The smallest absolute Gasteiger partial charge is 0.340 e. The SMILES string of the molecule is CNS(=O)(=O)c1ccc(C(=O)Nc2ccc(N3CCOCC3)cc2C(=O)OC)o1. The van der Waals surface area contributed by atoms with E-state index < -0.39 is 21.9 Å². The van der Waals surface area contributed by atoms with Gasteiger partial charge in [-0.3, -0.25) is 4.79 Å². The molecule has 29 heavy (non-hydrogen) atoms. The summed E-state index contributed by atoms with van der Waals surface area (Å²) in [5, 5.41) is 2.18. The molecular weight excluding hydrogens is 402 g/mol. The molecule has 0 radical (unpaired) electrons. The Labute approximate surface area is 167 Å². The fraction of sp³-hybridized carbons (Fsp3) is 0.333. The highest BCUT2D eigenvalue weighted by molar-refractivity contribution is 7.89. The van der Waals surface area contributed by atoms with Crippen LogP contribution in [-0.2, 0) is 19.5 Å². The first-order valence-electron chi connectivity index (χ1n) is 8.75. The van der Waals surface area contributed by atoms with Gasteiger partial charge in [0.1, 0.15) is 0 Å². The molecule has 1 aromatic heterocycles. The van der Waals surface area contributed by atoms with Crippen molar-refractivity contribution >= 4 is 33.3 Å². The van der Waals surface area contributed by atoms with Gasteiger partial charge in [0.25, 0.3) is 15.9 Å². The van der Waals surface area contributed by atoms with E-state index in [9.17, 15) is 18.0 Å². The molecule has 3 rings (SSSR count). The second-order valence-corrected chi connectivity index (χ2v) is 7.92. The van der Waals surface area contributed by atoms with Crippen molar-refractivity contribution in [2.75, 3.05) is 50.7 Å². The predicted octanol–water partition coefficient (Wildman–Crippen LogP) is 1.06. The lowest BCUT2D eigenvalue weighted by molar-refractivity contribution is 0.0602. The van der Waals surface area contributed by atoms with Gasteiger partial charge in [-0.2, -0.15) is 0 Å². The molecule has 0 saturated carbocycles. The predicted molar refractivity (Wildman–Crippen MR) is 104 cm³/mol. The zero-order valence-corrected chi connectivity index (χ0v) is 16.7. The van der Waals surface area contributed by atoms with Crippen LogP contribution in [0.3, 0.4) is 0 Å². The molecular formula is C18H21N3O7S. The van der Waals surface area contributed by atoms with Gasteiger partial charge in [-0.05, 0) is 37.4 Å². The van der Waals surface area contributed by atoms with Gasteiger partial charge < -0.3 is 24.1 Å². The number of nitrogens with zero attached hydrogens (tertiary/aromatic N) is 1. The number of hydrogen-bond acceptors (Lipinski definition) is 8. The number of esters is 1. The quantitative estimate of drug-likeness (QED) is 0.661. The Balaban J connectivity index is 1.86. The number of nitrogens with one attached hydrogen (secondary N) is 2. The molecule has 1 aliphatic rings. The van der Waals surface area contributed by atoms with Crippen molar-refractivity contribution in [1.29, 1.82) is 0 Å². The van der Waals surface area contributed by atoms with Crippen LogP contribution in [0.2, 0.25) is 0 Å². The lowest BCUT2D eigenvalue weighted by Crippen LogP contribution is -2.36. The summed E-state index contributed by atoms with van der Waals surface area (Å²) in [6.45, 7) is 2.54.